The van der Waals surface area contributed by atoms with Crippen molar-refractivity contribution in [2.24, 2.45) is 0 Å². The number of hydrogen-bond donors (Lipinski definition) is 0. The molecule has 0 spiro atoms. The number of aromatic nitrogens is 2. The molecular formula is C8H9N3. The second-order valence-electron chi connectivity index (χ2n) is 2.24. The number of hydrogen-bond acceptors (Lipinski definition) is 3. The maximum Gasteiger partial charge on any atom is 0.0900 e. The van der Waals surface area contributed by atoms with Gasteiger partial charge in [-0.1, -0.05) is 6.92 Å². The van der Waals surface area contributed by atoms with Gasteiger partial charge in [-0.25, -0.2) is 0 Å². The van der Waals surface area contributed by atoms with Gasteiger partial charge in [0.15, 0.2) is 0 Å². The topological polar surface area (TPSA) is 49.6 Å². The van der Waals surface area contributed by atoms with Crippen LogP contribution >= 0.6 is 0 Å². The van der Waals surface area contributed by atoms with Gasteiger partial charge in [0.2, 0.25) is 0 Å². The van der Waals surface area contributed by atoms with Gasteiger partial charge >= 0.3 is 0 Å². The largest absolute Gasteiger partial charge is 0.198 e. The Morgan fingerprint density at radius 1 is 1.73 bits per heavy atom. The molecular weight excluding hydrogens is 138 g/mol. The summed E-state index contributed by atoms with van der Waals surface area (Å²) in [4.78, 5) is 0. The first kappa shape index (κ1) is 7.67. The standard InChI is InChI=1S/C8H9N3/c1-2-7(6-9)8-4-3-5-10-11-8/h3-5,7H,2H2,1H3. The molecule has 11 heavy (non-hydrogen) atoms. The highest BCUT2D eigenvalue weighted by Crippen LogP contribution is 2.13. The van der Waals surface area contributed by atoms with E-state index < -0.39 is 0 Å². The normalized spacial score (nSPS) is 12.0. The smallest absolute Gasteiger partial charge is 0.0900 e. The number of nitriles is 1. The minimum Gasteiger partial charge on any atom is -0.198 e. The van der Waals surface area contributed by atoms with Crippen LogP contribution in [0.5, 0.6) is 0 Å². The predicted octanol–water partition coefficient (Wildman–Crippen LogP) is 1.49. The summed E-state index contributed by atoms with van der Waals surface area (Å²) in [5, 5.41) is 16.2. The molecule has 1 atom stereocenters. The van der Waals surface area contributed by atoms with E-state index in [1.807, 2.05) is 13.0 Å². The van der Waals surface area contributed by atoms with Crippen LogP contribution in [-0.4, -0.2) is 10.2 Å². The molecule has 0 N–H and O–H groups in total. The minimum absolute atomic E-state index is 0.108. The second kappa shape index (κ2) is 3.67. The molecule has 0 aliphatic rings. The second-order valence-corrected chi connectivity index (χ2v) is 2.24. The first-order valence-corrected chi connectivity index (χ1v) is 3.55. The Bertz CT molecular complexity index is 250. The molecule has 0 fully saturated rings. The van der Waals surface area contributed by atoms with Crippen molar-refractivity contribution in [3.05, 3.63) is 24.0 Å². The molecule has 0 saturated carbocycles. The highest BCUT2D eigenvalue weighted by Gasteiger charge is 2.07. The average molecular weight is 147 g/mol. The van der Waals surface area contributed by atoms with Crippen LogP contribution in [-0.2, 0) is 0 Å². The highest BCUT2D eigenvalue weighted by molar-refractivity contribution is 5.13. The molecule has 0 aliphatic heterocycles. The monoisotopic (exact) mass is 147 g/mol. The van der Waals surface area contributed by atoms with E-state index in [2.05, 4.69) is 16.3 Å². The van der Waals surface area contributed by atoms with Crippen LogP contribution in [0.1, 0.15) is 25.0 Å². The molecule has 3 heteroatoms. The maximum absolute atomic E-state index is 8.66. The van der Waals surface area contributed by atoms with Crippen LogP contribution < -0.4 is 0 Å². The van der Waals surface area contributed by atoms with Gasteiger partial charge < -0.3 is 0 Å². The molecule has 0 aliphatic carbocycles. The lowest BCUT2D eigenvalue weighted by atomic mass is 10.0. The van der Waals surface area contributed by atoms with Crippen LogP contribution in [0.2, 0.25) is 0 Å². The SMILES string of the molecule is CCC(C#N)c1cccnn1. The molecule has 0 aromatic carbocycles. The molecule has 1 rings (SSSR count). The van der Waals surface area contributed by atoms with E-state index in [1.165, 1.54) is 0 Å². The molecule has 56 valence electrons. The van der Waals surface area contributed by atoms with E-state index in [-0.39, 0.29) is 5.92 Å². The van der Waals surface area contributed by atoms with Crippen molar-refractivity contribution in [3.63, 3.8) is 0 Å². The summed E-state index contributed by atoms with van der Waals surface area (Å²) >= 11 is 0. The van der Waals surface area contributed by atoms with Crippen molar-refractivity contribution in [1.29, 1.82) is 5.26 Å². The Morgan fingerprint density at radius 2 is 2.55 bits per heavy atom. The third-order valence-corrected chi connectivity index (χ3v) is 1.51. The summed E-state index contributed by atoms with van der Waals surface area (Å²) in [5.41, 5.74) is 0.762. The molecule has 0 bridgehead atoms. The summed E-state index contributed by atoms with van der Waals surface area (Å²) in [6.45, 7) is 1.96. The van der Waals surface area contributed by atoms with Crippen LogP contribution in [0.4, 0.5) is 0 Å². The Labute approximate surface area is 65.7 Å². The molecule has 1 aromatic rings. The van der Waals surface area contributed by atoms with E-state index in [1.54, 1.807) is 12.3 Å². The van der Waals surface area contributed by atoms with Gasteiger partial charge in [0.1, 0.15) is 0 Å². The third kappa shape index (κ3) is 1.74. The Kier molecular flexibility index (Phi) is 2.56. The van der Waals surface area contributed by atoms with Gasteiger partial charge in [0.05, 0.1) is 17.7 Å². The fourth-order valence-corrected chi connectivity index (χ4v) is 0.866. The van der Waals surface area contributed by atoms with Crippen molar-refractivity contribution >= 4 is 0 Å². The van der Waals surface area contributed by atoms with Crippen LogP contribution in [0.15, 0.2) is 18.3 Å². The molecule has 0 radical (unpaired) electrons. The summed E-state index contributed by atoms with van der Waals surface area (Å²) in [7, 11) is 0. The van der Waals surface area contributed by atoms with Gasteiger partial charge in [-0.3, -0.25) is 0 Å². The van der Waals surface area contributed by atoms with Gasteiger partial charge in [0, 0.05) is 6.20 Å². The van der Waals surface area contributed by atoms with E-state index in [0.29, 0.717) is 0 Å². The fourth-order valence-electron chi connectivity index (χ4n) is 0.866. The molecule has 0 amide bonds. The average Bonchev–Trinajstić information content (AvgIpc) is 2.09. The minimum atomic E-state index is -0.108. The van der Waals surface area contributed by atoms with Crippen molar-refractivity contribution in [3.8, 4) is 6.07 Å². The van der Waals surface area contributed by atoms with Gasteiger partial charge in [-0.15, -0.1) is 0 Å². The van der Waals surface area contributed by atoms with E-state index in [0.717, 1.165) is 12.1 Å². The zero-order valence-electron chi connectivity index (χ0n) is 6.36. The maximum atomic E-state index is 8.66. The Hall–Kier alpha value is -1.43. The summed E-state index contributed by atoms with van der Waals surface area (Å²) < 4.78 is 0. The van der Waals surface area contributed by atoms with E-state index >= 15 is 0 Å². The first-order valence-electron chi connectivity index (χ1n) is 3.55. The molecule has 1 unspecified atom stereocenters. The predicted molar refractivity (Wildman–Crippen MR) is 40.7 cm³/mol. The Balaban J connectivity index is 2.85. The van der Waals surface area contributed by atoms with Crippen LogP contribution in [0, 0.1) is 11.3 Å². The quantitative estimate of drug-likeness (QED) is 0.636. The zero-order valence-corrected chi connectivity index (χ0v) is 6.36. The van der Waals surface area contributed by atoms with Crippen molar-refractivity contribution in [2.75, 3.05) is 0 Å². The summed E-state index contributed by atoms with van der Waals surface area (Å²) in [5.74, 6) is -0.108. The van der Waals surface area contributed by atoms with Gasteiger partial charge in [-0.05, 0) is 18.6 Å². The van der Waals surface area contributed by atoms with E-state index in [4.69, 9.17) is 5.26 Å². The zero-order chi connectivity index (χ0) is 8.10. The summed E-state index contributed by atoms with van der Waals surface area (Å²) in [6.07, 6.45) is 2.39. The summed E-state index contributed by atoms with van der Waals surface area (Å²) in [6, 6.07) is 5.78. The fraction of sp³-hybridized carbons (Fsp3) is 0.375. The number of nitrogens with zero attached hydrogens (tertiary/aromatic N) is 3. The van der Waals surface area contributed by atoms with Crippen molar-refractivity contribution in [2.45, 2.75) is 19.3 Å². The van der Waals surface area contributed by atoms with Crippen LogP contribution in [0.25, 0.3) is 0 Å². The molecule has 1 heterocycles. The van der Waals surface area contributed by atoms with Gasteiger partial charge in [0.25, 0.3) is 0 Å². The highest BCUT2D eigenvalue weighted by atomic mass is 15.1. The van der Waals surface area contributed by atoms with Crippen molar-refractivity contribution in [1.82, 2.24) is 10.2 Å². The molecule has 1 aromatic heterocycles. The molecule has 0 saturated heterocycles. The Morgan fingerprint density at radius 3 is 3.00 bits per heavy atom. The number of rotatable bonds is 2. The molecule has 3 nitrogen and oxygen atoms in total. The van der Waals surface area contributed by atoms with Crippen LogP contribution in [0.3, 0.4) is 0 Å². The lowest BCUT2D eigenvalue weighted by Gasteiger charge is -2.01. The van der Waals surface area contributed by atoms with Crippen molar-refractivity contribution < 1.29 is 0 Å². The lowest BCUT2D eigenvalue weighted by molar-refractivity contribution is 0.761. The van der Waals surface area contributed by atoms with E-state index in [9.17, 15) is 0 Å². The third-order valence-electron chi connectivity index (χ3n) is 1.51. The first-order chi connectivity index (χ1) is 5.38. The van der Waals surface area contributed by atoms with Gasteiger partial charge in [-0.2, -0.15) is 15.5 Å². The lowest BCUT2D eigenvalue weighted by Crippen LogP contribution is -1.97.